The van der Waals surface area contributed by atoms with E-state index in [0.717, 1.165) is 0 Å². The second-order valence-corrected chi connectivity index (χ2v) is 4.97. The third-order valence-corrected chi connectivity index (χ3v) is 3.47. The van der Waals surface area contributed by atoms with Crippen molar-refractivity contribution in [1.82, 2.24) is 10.2 Å². The Balaban J connectivity index is 2.02. The van der Waals surface area contributed by atoms with E-state index in [1.807, 2.05) is 0 Å². The molecule has 1 aromatic carbocycles. The number of nitrogens with two attached hydrogens (primary N) is 1. The lowest BCUT2D eigenvalue weighted by atomic mass is 10.0. The highest BCUT2D eigenvalue weighted by Crippen LogP contribution is 2.20. The van der Waals surface area contributed by atoms with Crippen LogP contribution in [0.15, 0.2) is 18.2 Å². The Kier molecular flexibility index (Phi) is 4.22. The zero-order valence-corrected chi connectivity index (χ0v) is 11.4. The number of anilines is 1. The maximum absolute atomic E-state index is 13.4. The van der Waals surface area contributed by atoms with E-state index in [-0.39, 0.29) is 29.1 Å². The summed E-state index contributed by atoms with van der Waals surface area (Å²) < 4.78 is 13.4. The minimum Gasteiger partial charge on any atom is -0.396 e. The molecule has 0 radical (unpaired) electrons. The molecule has 6 heteroatoms. The lowest BCUT2D eigenvalue weighted by Crippen LogP contribution is -2.46. The summed E-state index contributed by atoms with van der Waals surface area (Å²) in [6.45, 7) is 2.53. The van der Waals surface area contributed by atoms with Crippen molar-refractivity contribution in [2.24, 2.45) is 0 Å². The Morgan fingerprint density at radius 3 is 2.60 bits per heavy atom. The first kappa shape index (κ1) is 14.3. The van der Waals surface area contributed by atoms with Gasteiger partial charge in [-0.1, -0.05) is 6.07 Å². The Morgan fingerprint density at radius 1 is 1.35 bits per heavy atom. The number of benzene rings is 1. The molecule has 0 bridgehead atoms. The Morgan fingerprint density at radius 2 is 2.00 bits per heavy atom. The summed E-state index contributed by atoms with van der Waals surface area (Å²) in [5.74, 6) is -0.906. The number of rotatable bonds is 2. The molecule has 1 heterocycles. The quantitative estimate of drug-likeness (QED) is 0.797. The fraction of sp³-hybridized carbons (Fsp3) is 0.429. The van der Waals surface area contributed by atoms with Crippen LogP contribution in [0.3, 0.4) is 0 Å². The zero-order valence-electron chi connectivity index (χ0n) is 11.4. The molecule has 1 fully saturated rings. The molecule has 1 aromatic rings. The van der Waals surface area contributed by atoms with Crippen LogP contribution in [0.4, 0.5) is 10.1 Å². The predicted octanol–water partition coefficient (Wildman–Crippen LogP) is 1.15. The third-order valence-electron chi connectivity index (χ3n) is 3.47. The van der Waals surface area contributed by atoms with Crippen LogP contribution in [0, 0.1) is 5.82 Å². The molecule has 2 amide bonds. The van der Waals surface area contributed by atoms with Gasteiger partial charge < -0.3 is 16.0 Å². The second kappa shape index (κ2) is 5.90. The van der Waals surface area contributed by atoms with E-state index in [1.165, 1.54) is 25.1 Å². The van der Waals surface area contributed by atoms with E-state index in [1.54, 1.807) is 4.90 Å². The lowest BCUT2D eigenvalue weighted by molar-refractivity contribution is -0.119. The average Bonchev–Trinajstić information content (AvgIpc) is 2.41. The van der Waals surface area contributed by atoms with Gasteiger partial charge in [0.1, 0.15) is 5.82 Å². The van der Waals surface area contributed by atoms with Gasteiger partial charge in [0.15, 0.2) is 0 Å². The second-order valence-electron chi connectivity index (χ2n) is 4.97. The Hall–Kier alpha value is -2.11. The SMILES string of the molecule is CC(=O)NC1CCN(C(=O)c2cccc(F)c2N)CC1. The first-order chi connectivity index (χ1) is 9.49. The average molecular weight is 279 g/mol. The fourth-order valence-corrected chi connectivity index (χ4v) is 2.41. The first-order valence-corrected chi connectivity index (χ1v) is 6.59. The van der Waals surface area contributed by atoms with Crippen LogP contribution < -0.4 is 11.1 Å². The lowest BCUT2D eigenvalue weighted by Gasteiger charge is -2.32. The molecular formula is C14H18FN3O2. The third kappa shape index (κ3) is 3.07. The van der Waals surface area contributed by atoms with Gasteiger partial charge in [-0.05, 0) is 25.0 Å². The van der Waals surface area contributed by atoms with E-state index < -0.39 is 5.82 Å². The molecule has 0 aromatic heterocycles. The molecule has 0 unspecified atom stereocenters. The minimum atomic E-state index is -0.580. The Bertz CT molecular complexity index is 525. The number of piperidine rings is 1. The van der Waals surface area contributed by atoms with Crippen molar-refractivity contribution in [2.45, 2.75) is 25.8 Å². The van der Waals surface area contributed by atoms with E-state index in [4.69, 9.17) is 5.73 Å². The minimum absolute atomic E-state index is 0.0656. The summed E-state index contributed by atoms with van der Waals surface area (Å²) in [6, 6.07) is 4.33. The highest BCUT2D eigenvalue weighted by molar-refractivity contribution is 5.99. The molecule has 3 N–H and O–H groups in total. The van der Waals surface area contributed by atoms with Crippen molar-refractivity contribution in [1.29, 1.82) is 0 Å². The molecule has 0 atom stereocenters. The van der Waals surface area contributed by atoms with Crippen LogP contribution in [0.1, 0.15) is 30.1 Å². The van der Waals surface area contributed by atoms with Gasteiger partial charge in [-0.25, -0.2) is 4.39 Å². The van der Waals surface area contributed by atoms with E-state index in [9.17, 15) is 14.0 Å². The largest absolute Gasteiger partial charge is 0.396 e. The van der Waals surface area contributed by atoms with Crippen LogP contribution in [0.2, 0.25) is 0 Å². The maximum atomic E-state index is 13.4. The van der Waals surface area contributed by atoms with Gasteiger partial charge in [-0.2, -0.15) is 0 Å². The first-order valence-electron chi connectivity index (χ1n) is 6.59. The Labute approximate surface area is 116 Å². The van der Waals surface area contributed by atoms with Crippen LogP contribution in [0.25, 0.3) is 0 Å². The number of nitrogens with one attached hydrogen (secondary N) is 1. The van der Waals surface area contributed by atoms with Crippen molar-refractivity contribution in [3.8, 4) is 0 Å². The van der Waals surface area contributed by atoms with Gasteiger partial charge in [-0.3, -0.25) is 9.59 Å². The van der Waals surface area contributed by atoms with Crippen LogP contribution >= 0.6 is 0 Å². The number of likely N-dealkylation sites (tertiary alicyclic amines) is 1. The highest BCUT2D eigenvalue weighted by atomic mass is 19.1. The standard InChI is InChI=1S/C14H18FN3O2/c1-9(19)17-10-5-7-18(8-6-10)14(20)11-3-2-4-12(15)13(11)16/h2-4,10H,5-8,16H2,1H3,(H,17,19). The smallest absolute Gasteiger partial charge is 0.256 e. The number of halogens is 1. The van der Waals surface area contributed by atoms with Gasteiger partial charge in [0.05, 0.1) is 11.3 Å². The number of hydrogen-bond donors (Lipinski definition) is 2. The summed E-state index contributed by atoms with van der Waals surface area (Å²) in [5, 5.41) is 2.84. The zero-order chi connectivity index (χ0) is 14.7. The highest BCUT2D eigenvalue weighted by Gasteiger charge is 2.25. The number of carbonyl (C=O) groups is 2. The molecule has 0 aliphatic carbocycles. The summed E-state index contributed by atoms with van der Waals surface area (Å²) >= 11 is 0. The molecule has 0 saturated carbocycles. The van der Waals surface area contributed by atoms with E-state index in [2.05, 4.69) is 5.32 Å². The number of carbonyl (C=O) groups excluding carboxylic acids is 2. The number of nitrogens with zero attached hydrogens (tertiary/aromatic N) is 1. The molecule has 1 aliphatic rings. The molecule has 5 nitrogen and oxygen atoms in total. The number of para-hydroxylation sites is 1. The summed E-state index contributed by atoms with van der Waals surface area (Å²) in [6.07, 6.45) is 1.39. The van der Waals surface area contributed by atoms with Crippen molar-refractivity contribution >= 4 is 17.5 Å². The molecule has 108 valence electrons. The van der Waals surface area contributed by atoms with Gasteiger partial charge in [0, 0.05) is 26.1 Å². The molecular weight excluding hydrogens is 261 g/mol. The summed E-state index contributed by atoms with van der Waals surface area (Å²) in [7, 11) is 0. The number of hydrogen-bond acceptors (Lipinski definition) is 3. The molecule has 20 heavy (non-hydrogen) atoms. The molecule has 1 saturated heterocycles. The van der Waals surface area contributed by atoms with Crippen LogP contribution in [-0.2, 0) is 4.79 Å². The normalized spacial score (nSPS) is 16.0. The summed E-state index contributed by atoms with van der Waals surface area (Å²) in [4.78, 5) is 24.9. The predicted molar refractivity (Wildman–Crippen MR) is 73.6 cm³/mol. The van der Waals surface area contributed by atoms with Gasteiger partial charge >= 0.3 is 0 Å². The monoisotopic (exact) mass is 279 g/mol. The number of amides is 2. The van der Waals surface area contributed by atoms with Crippen molar-refractivity contribution in [3.63, 3.8) is 0 Å². The van der Waals surface area contributed by atoms with E-state index >= 15 is 0 Å². The van der Waals surface area contributed by atoms with Crippen LogP contribution in [-0.4, -0.2) is 35.8 Å². The van der Waals surface area contributed by atoms with Crippen molar-refractivity contribution in [3.05, 3.63) is 29.6 Å². The molecule has 2 rings (SSSR count). The van der Waals surface area contributed by atoms with E-state index in [0.29, 0.717) is 25.9 Å². The molecule has 1 aliphatic heterocycles. The van der Waals surface area contributed by atoms with Crippen LogP contribution in [0.5, 0.6) is 0 Å². The molecule has 0 spiro atoms. The number of nitrogen functional groups attached to an aromatic ring is 1. The van der Waals surface area contributed by atoms with Gasteiger partial charge in [-0.15, -0.1) is 0 Å². The fourth-order valence-electron chi connectivity index (χ4n) is 2.41. The van der Waals surface area contributed by atoms with Gasteiger partial charge in [0.25, 0.3) is 5.91 Å². The van der Waals surface area contributed by atoms with Gasteiger partial charge in [0.2, 0.25) is 5.91 Å². The maximum Gasteiger partial charge on any atom is 0.256 e. The van der Waals surface area contributed by atoms with Crippen molar-refractivity contribution in [2.75, 3.05) is 18.8 Å². The van der Waals surface area contributed by atoms with Crippen molar-refractivity contribution < 1.29 is 14.0 Å². The summed E-state index contributed by atoms with van der Waals surface area (Å²) in [5.41, 5.74) is 5.69. The topological polar surface area (TPSA) is 75.4 Å².